The molecule has 2 rings (SSSR count). The minimum absolute atomic E-state index is 0.334. The monoisotopic (exact) mass is 247 g/mol. The molecule has 1 aliphatic heterocycles. The average molecular weight is 247 g/mol. The van der Waals surface area contributed by atoms with Gasteiger partial charge in [0, 0.05) is 6.61 Å². The standard InChI is InChI=1S/C16H25NO/c1-3-7-13-8-6-9-14(12-13)16(17-2)15-10-4-5-11-18-15/h6,8-9,12,15-17H,3-5,7,10-11H2,1-2H3. The van der Waals surface area contributed by atoms with Gasteiger partial charge in [-0.2, -0.15) is 0 Å². The molecule has 0 bridgehead atoms. The number of ether oxygens (including phenoxy) is 1. The van der Waals surface area contributed by atoms with Gasteiger partial charge in [0.2, 0.25) is 0 Å². The van der Waals surface area contributed by atoms with Crippen molar-refractivity contribution in [2.75, 3.05) is 13.7 Å². The van der Waals surface area contributed by atoms with Crippen LogP contribution >= 0.6 is 0 Å². The lowest BCUT2D eigenvalue weighted by Crippen LogP contribution is -2.34. The highest BCUT2D eigenvalue weighted by Crippen LogP contribution is 2.26. The fourth-order valence-electron chi connectivity index (χ4n) is 2.83. The lowest BCUT2D eigenvalue weighted by atomic mass is 9.94. The summed E-state index contributed by atoms with van der Waals surface area (Å²) in [5.74, 6) is 0. The third-order valence-corrected chi connectivity index (χ3v) is 3.75. The van der Waals surface area contributed by atoms with Gasteiger partial charge >= 0.3 is 0 Å². The van der Waals surface area contributed by atoms with Gasteiger partial charge < -0.3 is 10.1 Å². The summed E-state index contributed by atoms with van der Waals surface area (Å²) in [6, 6.07) is 9.29. The second-order valence-electron chi connectivity index (χ2n) is 5.17. The molecule has 1 fully saturated rings. The Morgan fingerprint density at radius 1 is 1.39 bits per heavy atom. The van der Waals surface area contributed by atoms with Crippen LogP contribution in [-0.2, 0) is 11.2 Å². The van der Waals surface area contributed by atoms with Crippen molar-refractivity contribution in [2.24, 2.45) is 0 Å². The van der Waals surface area contributed by atoms with Crippen LogP contribution in [0.2, 0.25) is 0 Å². The van der Waals surface area contributed by atoms with Crippen molar-refractivity contribution in [2.45, 2.75) is 51.2 Å². The van der Waals surface area contributed by atoms with Crippen molar-refractivity contribution in [3.05, 3.63) is 35.4 Å². The molecule has 1 aliphatic rings. The maximum atomic E-state index is 5.92. The van der Waals surface area contributed by atoms with Gasteiger partial charge in [0.1, 0.15) is 0 Å². The lowest BCUT2D eigenvalue weighted by molar-refractivity contribution is -0.00663. The first-order valence-corrected chi connectivity index (χ1v) is 7.23. The molecule has 0 spiro atoms. The second-order valence-corrected chi connectivity index (χ2v) is 5.17. The summed E-state index contributed by atoms with van der Waals surface area (Å²) in [5, 5.41) is 3.43. The van der Waals surface area contributed by atoms with Gasteiger partial charge in [0.05, 0.1) is 12.1 Å². The van der Waals surface area contributed by atoms with Gasteiger partial charge in [-0.1, -0.05) is 37.6 Å². The normalized spacial score (nSPS) is 21.8. The van der Waals surface area contributed by atoms with E-state index < -0.39 is 0 Å². The molecule has 100 valence electrons. The number of likely N-dealkylation sites (N-methyl/N-ethyl adjacent to an activating group) is 1. The van der Waals surface area contributed by atoms with Crippen molar-refractivity contribution >= 4 is 0 Å². The van der Waals surface area contributed by atoms with E-state index in [4.69, 9.17) is 4.74 Å². The fraction of sp³-hybridized carbons (Fsp3) is 0.625. The third kappa shape index (κ3) is 3.33. The lowest BCUT2D eigenvalue weighted by Gasteiger charge is -2.30. The Morgan fingerprint density at radius 2 is 2.28 bits per heavy atom. The van der Waals surface area contributed by atoms with Crippen LogP contribution in [0, 0.1) is 0 Å². The molecule has 0 aliphatic carbocycles. The molecule has 1 heterocycles. The Bertz CT molecular complexity index is 358. The molecule has 1 aromatic carbocycles. The molecule has 1 aromatic rings. The van der Waals surface area contributed by atoms with E-state index in [0.29, 0.717) is 12.1 Å². The summed E-state index contributed by atoms with van der Waals surface area (Å²) in [6.45, 7) is 3.14. The van der Waals surface area contributed by atoms with Gasteiger partial charge in [-0.15, -0.1) is 0 Å². The molecule has 18 heavy (non-hydrogen) atoms. The highest BCUT2D eigenvalue weighted by atomic mass is 16.5. The molecule has 0 saturated carbocycles. The molecule has 1 saturated heterocycles. The molecule has 0 aromatic heterocycles. The summed E-state index contributed by atoms with van der Waals surface area (Å²) in [4.78, 5) is 0. The zero-order valence-electron chi connectivity index (χ0n) is 11.6. The zero-order valence-corrected chi connectivity index (χ0v) is 11.6. The SMILES string of the molecule is CCCc1cccc(C(NC)C2CCCCO2)c1. The van der Waals surface area contributed by atoms with E-state index in [1.807, 2.05) is 7.05 Å². The molecular formula is C16H25NO. The van der Waals surface area contributed by atoms with Crippen LogP contribution in [0.15, 0.2) is 24.3 Å². The predicted octanol–water partition coefficient (Wildman–Crippen LogP) is 3.47. The third-order valence-electron chi connectivity index (χ3n) is 3.75. The minimum Gasteiger partial charge on any atom is -0.376 e. The number of benzene rings is 1. The smallest absolute Gasteiger partial charge is 0.0769 e. The Labute approximate surface area is 111 Å². The van der Waals surface area contributed by atoms with E-state index in [9.17, 15) is 0 Å². The second kappa shape index (κ2) is 6.91. The molecular weight excluding hydrogens is 222 g/mol. The average Bonchev–Trinajstić information content (AvgIpc) is 2.42. The maximum Gasteiger partial charge on any atom is 0.0769 e. The van der Waals surface area contributed by atoms with Crippen molar-refractivity contribution in [3.8, 4) is 0 Å². The molecule has 0 amide bonds. The molecule has 0 radical (unpaired) electrons. The minimum atomic E-state index is 0.334. The highest BCUT2D eigenvalue weighted by Gasteiger charge is 2.24. The van der Waals surface area contributed by atoms with E-state index in [0.717, 1.165) is 13.0 Å². The molecule has 2 heteroatoms. The van der Waals surface area contributed by atoms with Gasteiger partial charge in [0.25, 0.3) is 0 Å². The first-order chi connectivity index (χ1) is 8.85. The van der Waals surface area contributed by atoms with Crippen molar-refractivity contribution in [1.29, 1.82) is 0 Å². The van der Waals surface area contributed by atoms with E-state index in [1.165, 1.54) is 36.8 Å². The van der Waals surface area contributed by atoms with Crippen molar-refractivity contribution in [3.63, 3.8) is 0 Å². The van der Waals surface area contributed by atoms with Crippen LogP contribution in [0.4, 0.5) is 0 Å². The van der Waals surface area contributed by atoms with Crippen LogP contribution < -0.4 is 5.32 Å². The van der Waals surface area contributed by atoms with Gasteiger partial charge in [0.15, 0.2) is 0 Å². The van der Waals surface area contributed by atoms with Crippen LogP contribution in [0.3, 0.4) is 0 Å². The van der Waals surface area contributed by atoms with E-state index in [-0.39, 0.29) is 0 Å². The van der Waals surface area contributed by atoms with Crippen molar-refractivity contribution < 1.29 is 4.74 Å². The fourth-order valence-corrected chi connectivity index (χ4v) is 2.83. The Morgan fingerprint density at radius 3 is 2.94 bits per heavy atom. The zero-order chi connectivity index (χ0) is 12.8. The summed E-state index contributed by atoms with van der Waals surface area (Å²) >= 11 is 0. The first-order valence-electron chi connectivity index (χ1n) is 7.23. The van der Waals surface area contributed by atoms with Crippen LogP contribution in [-0.4, -0.2) is 19.8 Å². The van der Waals surface area contributed by atoms with E-state index in [2.05, 4.69) is 36.5 Å². The molecule has 2 unspecified atom stereocenters. The van der Waals surface area contributed by atoms with Crippen LogP contribution in [0.25, 0.3) is 0 Å². The van der Waals surface area contributed by atoms with E-state index >= 15 is 0 Å². The van der Waals surface area contributed by atoms with Gasteiger partial charge in [-0.25, -0.2) is 0 Å². The maximum absolute atomic E-state index is 5.92. The number of aryl methyl sites for hydroxylation is 1. The summed E-state index contributed by atoms with van der Waals surface area (Å²) < 4.78 is 5.92. The number of rotatable bonds is 5. The Balaban J connectivity index is 2.12. The summed E-state index contributed by atoms with van der Waals surface area (Å²) in [6.07, 6.45) is 6.37. The summed E-state index contributed by atoms with van der Waals surface area (Å²) in [5.41, 5.74) is 2.81. The molecule has 2 atom stereocenters. The van der Waals surface area contributed by atoms with Crippen LogP contribution in [0.5, 0.6) is 0 Å². The number of nitrogens with one attached hydrogen (secondary N) is 1. The number of hydrogen-bond donors (Lipinski definition) is 1. The Kier molecular flexibility index (Phi) is 5.21. The molecule has 1 N–H and O–H groups in total. The predicted molar refractivity (Wildman–Crippen MR) is 75.8 cm³/mol. The highest BCUT2D eigenvalue weighted by molar-refractivity contribution is 5.27. The number of hydrogen-bond acceptors (Lipinski definition) is 2. The van der Waals surface area contributed by atoms with Gasteiger partial charge in [-0.05, 0) is 43.9 Å². The summed E-state index contributed by atoms with van der Waals surface area (Å²) in [7, 11) is 2.04. The first kappa shape index (κ1) is 13.6. The quantitative estimate of drug-likeness (QED) is 0.860. The molecule has 2 nitrogen and oxygen atoms in total. The largest absolute Gasteiger partial charge is 0.376 e. The topological polar surface area (TPSA) is 21.3 Å². The van der Waals surface area contributed by atoms with E-state index in [1.54, 1.807) is 0 Å². The Hall–Kier alpha value is -0.860. The van der Waals surface area contributed by atoms with Crippen LogP contribution in [0.1, 0.15) is 49.8 Å². The van der Waals surface area contributed by atoms with Crippen molar-refractivity contribution in [1.82, 2.24) is 5.32 Å². The van der Waals surface area contributed by atoms with Gasteiger partial charge in [-0.3, -0.25) is 0 Å².